The van der Waals surface area contributed by atoms with Gasteiger partial charge in [0.1, 0.15) is 11.5 Å². The minimum Gasteiger partial charge on any atom is -0.497 e. The number of nitrogens with zero attached hydrogens (tertiary/aromatic N) is 1. The summed E-state index contributed by atoms with van der Waals surface area (Å²) in [6.07, 6.45) is 1.74. The monoisotopic (exact) mass is 314 g/mol. The molecule has 3 rings (SSSR count). The lowest BCUT2D eigenvalue weighted by atomic mass is 10.1. The van der Waals surface area contributed by atoms with E-state index < -0.39 is 0 Å². The van der Waals surface area contributed by atoms with Crippen LogP contribution in [0.5, 0.6) is 11.5 Å². The number of benzene rings is 2. The summed E-state index contributed by atoms with van der Waals surface area (Å²) in [4.78, 5) is 4.34. The molecule has 1 N–H and O–H groups in total. The Morgan fingerprint density at radius 1 is 0.955 bits per heavy atom. The van der Waals surface area contributed by atoms with Crippen molar-refractivity contribution < 1.29 is 9.47 Å². The summed E-state index contributed by atoms with van der Waals surface area (Å²) in [5.74, 6) is 1.49. The zero-order chi connectivity index (χ0) is 15.5. The van der Waals surface area contributed by atoms with Crippen molar-refractivity contribution in [1.82, 2.24) is 4.98 Å². The van der Waals surface area contributed by atoms with E-state index in [1.807, 2.05) is 42.5 Å². The number of aromatic nitrogens is 1. The lowest BCUT2D eigenvalue weighted by Crippen LogP contribution is -1.97. The molecule has 1 aromatic heterocycles. The van der Waals surface area contributed by atoms with Crippen LogP contribution in [0.2, 0.25) is 5.02 Å². The molecule has 0 saturated heterocycles. The van der Waals surface area contributed by atoms with E-state index in [0.29, 0.717) is 5.02 Å². The number of rotatable bonds is 4. The highest BCUT2D eigenvalue weighted by Gasteiger charge is 2.08. The molecule has 0 amide bonds. The highest BCUT2D eigenvalue weighted by atomic mass is 35.5. The first kappa shape index (κ1) is 14.5. The Balaban J connectivity index is 2.06. The van der Waals surface area contributed by atoms with E-state index in [1.165, 1.54) is 0 Å². The average molecular weight is 315 g/mol. The molecule has 4 nitrogen and oxygen atoms in total. The fourth-order valence-electron chi connectivity index (χ4n) is 2.29. The van der Waals surface area contributed by atoms with Crippen LogP contribution in [0, 0.1) is 0 Å². The molecule has 5 heteroatoms. The summed E-state index contributed by atoms with van der Waals surface area (Å²) >= 11 is 6.02. The summed E-state index contributed by atoms with van der Waals surface area (Å²) in [5.41, 5.74) is 2.58. The molecule has 0 atom stereocenters. The van der Waals surface area contributed by atoms with E-state index in [2.05, 4.69) is 10.3 Å². The number of methoxy groups -OCH3 is 2. The maximum absolute atomic E-state index is 6.02. The Morgan fingerprint density at radius 2 is 1.82 bits per heavy atom. The van der Waals surface area contributed by atoms with Crippen molar-refractivity contribution in [1.29, 1.82) is 0 Å². The van der Waals surface area contributed by atoms with Crippen molar-refractivity contribution in [3.63, 3.8) is 0 Å². The molecule has 1 heterocycles. The molecule has 0 aliphatic heterocycles. The third-order valence-corrected chi connectivity index (χ3v) is 3.62. The van der Waals surface area contributed by atoms with Gasteiger partial charge in [0, 0.05) is 28.4 Å². The topological polar surface area (TPSA) is 43.4 Å². The third-order valence-electron chi connectivity index (χ3n) is 3.38. The smallest absolute Gasteiger partial charge is 0.142 e. The van der Waals surface area contributed by atoms with Gasteiger partial charge in [0.2, 0.25) is 0 Å². The zero-order valence-corrected chi connectivity index (χ0v) is 13.0. The maximum atomic E-state index is 6.02. The summed E-state index contributed by atoms with van der Waals surface area (Å²) in [6, 6.07) is 13.1. The molecular weight excluding hydrogens is 300 g/mol. The van der Waals surface area contributed by atoms with Crippen LogP contribution >= 0.6 is 11.6 Å². The second-order valence-electron chi connectivity index (χ2n) is 4.71. The highest BCUT2D eigenvalue weighted by molar-refractivity contribution is 6.31. The Hall–Kier alpha value is -2.46. The van der Waals surface area contributed by atoms with Crippen LogP contribution in [0.15, 0.2) is 48.7 Å². The van der Waals surface area contributed by atoms with Gasteiger partial charge in [0.15, 0.2) is 0 Å². The molecule has 0 unspecified atom stereocenters. The second-order valence-corrected chi connectivity index (χ2v) is 5.15. The molecule has 0 aliphatic rings. The fourth-order valence-corrected chi connectivity index (χ4v) is 2.45. The van der Waals surface area contributed by atoms with E-state index in [1.54, 1.807) is 20.4 Å². The van der Waals surface area contributed by atoms with Crippen LogP contribution in [0.4, 0.5) is 11.4 Å². The largest absolute Gasteiger partial charge is 0.497 e. The van der Waals surface area contributed by atoms with E-state index in [9.17, 15) is 0 Å². The summed E-state index contributed by atoms with van der Waals surface area (Å²) in [6.45, 7) is 0. The van der Waals surface area contributed by atoms with Gasteiger partial charge < -0.3 is 14.8 Å². The number of ether oxygens (including phenoxy) is 2. The number of fused-ring (bicyclic) bond motifs is 1. The van der Waals surface area contributed by atoms with Crippen molar-refractivity contribution in [3.05, 3.63) is 53.7 Å². The molecule has 3 aromatic rings. The number of hydrogen-bond acceptors (Lipinski definition) is 4. The Kier molecular flexibility index (Phi) is 4.02. The Labute approximate surface area is 133 Å². The van der Waals surface area contributed by atoms with Gasteiger partial charge in [-0.2, -0.15) is 0 Å². The maximum Gasteiger partial charge on any atom is 0.142 e. The first-order chi connectivity index (χ1) is 10.7. The third kappa shape index (κ3) is 2.78. The SMILES string of the molecule is COc1ccc(OC)c(Nc2ccnc3cc(Cl)ccc23)c1. The van der Waals surface area contributed by atoms with Gasteiger partial charge in [-0.25, -0.2) is 0 Å². The minimum absolute atomic E-state index is 0.663. The van der Waals surface area contributed by atoms with Gasteiger partial charge >= 0.3 is 0 Å². The van der Waals surface area contributed by atoms with Gasteiger partial charge in [0.05, 0.1) is 25.4 Å². The second kappa shape index (κ2) is 6.12. The van der Waals surface area contributed by atoms with Crippen LogP contribution in [0.3, 0.4) is 0 Å². The molecule has 2 aromatic carbocycles. The van der Waals surface area contributed by atoms with E-state index in [4.69, 9.17) is 21.1 Å². The van der Waals surface area contributed by atoms with Crippen molar-refractivity contribution in [2.45, 2.75) is 0 Å². The molecule has 112 valence electrons. The van der Waals surface area contributed by atoms with Gasteiger partial charge in [-0.05, 0) is 36.4 Å². The van der Waals surface area contributed by atoms with Crippen molar-refractivity contribution in [3.8, 4) is 11.5 Å². The number of pyridine rings is 1. The van der Waals surface area contributed by atoms with Crippen molar-refractivity contribution >= 4 is 33.9 Å². The molecular formula is C17H15ClN2O2. The predicted octanol–water partition coefficient (Wildman–Crippen LogP) is 4.65. The highest BCUT2D eigenvalue weighted by Crippen LogP contribution is 2.34. The summed E-state index contributed by atoms with van der Waals surface area (Å²) in [5, 5.41) is 5.02. The van der Waals surface area contributed by atoms with Gasteiger partial charge in [-0.15, -0.1) is 0 Å². The van der Waals surface area contributed by atoms with Gasteiger partial charge in [-0.1, -0.05) is 11.6 Å². The van der Waals surface area contributed by atoms with Crippen LogP contribution in [-0.4, -0.2) is 19.2 Å². The Morgan fingerprint density at radius 3 is 2.59 bits per heavy atom. The van der Waals surface area contributed by atoms with Gasteiger partial charge in [-0.3, -0.25) is 4.98 Å². The number of hydrogen-bond donors (Lipinski definition) is 1. The zero-order valence-electron chi connectivity index (χ0n) is 12.3. The molecule has 0 fully saturated rings. The quantitative estimate of drug-likeness (QED) is 0.761. The standard InChI is InChI=1S/C17H15ClN2O2/c1-21-12-4-6-17(22-2)16(10-12)20-14-7-8-19-15-9-11(18)3-5-13(14)15/h3-10H,1-2H3,(H,19,20). The fraction of sp³-hybridized carbons (Fsp3) is 0.118. The normalized spacial score (nSPS) is 10.5. The number of halogens is 1. The van der Waals surface area contributed by atoms with Gasteiger partial charge in [0.25, 0.3) is 0 Å². The van der Waals surface area contributed by atoms with E-state index in [-0.39, 0.29) is 0 Å². The van der Waals surface area contributed by atoms with Crippen molar-refractivity contribution in [2.24, 2.45) is 0 Å². The van der Waals surface area contributed by atoms with Crippen LogP contribution < -0.4 is 14.8 Å². The molecule has 0 aliphatic carbocycles. The lowest BCUT2D eigenvalue weighted by Gasteiger charge is -2.14. The number of anilines is 2. The molecule has 0 saturated carbocycles. The number of nitrogens with one attached hydrogen (secondary N) is 1. The molecule has 22 heavy (non-hydrogen) atoms. The first-order valence-corrected chi connectivity index (χ1v) is 7.12. The average Bonchev–Trinajstić information content (AvgIpc) is 2.54. The molecule has 0 radical (unpaired) electrons. The summed E-state index contributed by atoms with van der Waals surface area (Å²) in [7, 11) is 3.27. The van der Waals surface area contributed by atoms with Crippen LogP contribution in [0.25, 0.3) is 10.9 Å². The van der Waals surface area contributed by atoms with Crippen molar-refractivity contribution in [2.75, 3.05) is 19.5 Å². The lowest BCUT2D eigenvalue weighted by molar-refractivity contribution is 0.405. The Bertz CT molecular complexity index is 821. The molecule has 0 spiro atoms. The van der Waals surface area contributed by atoms with Crippen LogP contribution in [-0.2, 0) is 0 Å². The predicted molar refractivity (Wildman–Crippen MR) is 89.6 cm³/mol. The molecule has 0 bridgehead atoms. The van der Waals surface area contributed by atoms with Crippen LogP contribution in [0.1, 0.15) is 0 Å². The van der Waals surface area contributed by atoms with E-state index in [0.717, 1.165) is 33.8 Å². The first-order valence-electron chi connectivity index (χ1n) is 6.74. The summed E-state index contributed by atoms with van der Waals surface area (Å²) < 4.78 is 10.7. The van der Waals surface area contributed by atoms with E-state index >= 15 is 0 Å². The minimum atomic E-state index is 0.663.